The number of hydrogen-bond acceptors (Lipinski definition) is 4. The molecule has 0 amide bonds. The molecule has 0 saturated heterocycles. The van der Waals surface area contributed by atoms with E-state index in [1.54, 1.807) is 6.92 Å². The first-order valence-corrected chi connectivity index (χ1v) is 5.89. The SMILES string of the molecule is CCCCCCC(/C=C/C(=O)OCC)OO. The molecule has 0 heterocycles. The molecule has 94 valence electrons. The molecule has 4 nitrogen and oxygen atoms in total. The number of rotatable bonds is 9. The van der Waals surface area contributed by atoms with Crippen LogP contribution in [0.25, 0.3) is 0 Å². The smallest absolute Gasteiger partial charge is 0.330 e. The lowest BCUT2D eigenvalue weighted by Crippen LogP contribution is -2.09. The summed E-state index contributed by atoms with van der Waals surface area (Å²) < 4.78 is 4.72. The summed E-state index contributed by atoms with van der Waals surface area (Å²) in [5.41, 5.74) is 0. The molecule has 0 aromatic rings. The highest BCUT2D eigenvalue weighted by Gasteiger charge is 2.05. The third-order valence-corrected chi connectivity index (χ3v) is 2.21. The lowest BCUT2D eigenvalue weighted by atomic mass is 10.1. The van der Waals surface area contributed by atoms with Crippen LogP contribution in [-0.2, 0) is 14.4 Å². The zero-order chi connectivity index (χ0) is 12.2. The molecule has 4 heteroatoms. The van der Waals surface area contributed by atoms with Gasteiger partial charge in [0.15, 0.2) is 0 Å². The second kappa shape index (κ2) is 10.6. The molecule has 0 bridgehead atoms. The summed E-state index contributed by atoms with van der Waals surface area (Å²) in [4.78, 5) is 15.3. The highest BCUT2D eigenvalue weighted by atomic mass is 17.1. The molecule has 0 aliphatic carbocycles. The second-order valence-electron chi connectivity index (χ2n) is 3.60. The number of carbonyl (C=O) groups excluding carboxylic acids is 1. The Morgan fingerprint density at radius 2 is 2.06 bits per heavy atom. The summed E-state index contributed by atoms with van der Waals surface area (Å²) in [6, 6.07) is 0. The number of unbranched alkanes of at least 4 members (excludes halogenated alkanes) is 3. The Morgan fingerprint density at radius 3 is 2.62 bits per heavy atom. The van der Waals surface area contributed by atoms with Crippen LogP contribution >= 0.6 is 0 Å². The van der Waals surface area contributed by atoms with Crippen LogP contribution in [0.3, 0.4) is 0 Å². The maximum absolute atomic E-state index is 11.0. The van der Waals surface area contributed by atoms with Gasteiger partial charge in [-0.3, -0.25) is 5.26 Å². The van der Waals surface area contributed by atoms with E-state index in [2.05, 4.69) is 11.8 Å². The van der Waals surface area contributed by atoms with Gasteiger partial charge in [0.25, 0.3) is 0 Å². The van der Waals surface area contributed by atoms with Crippen molar-refractivity contribution in [1.29, 1.82) is 0 Å². The average molecular weight is 230 g/mol. The zero-order valence-electron chi connectivity index (χ0n) is 10.1. The predicted molar refractivity (Wildman–Crippen MR) is 62.0 cm³/mol. The van der Waals surface area contributed by atoms with Gasteiger partial charge in [-0.15, -0.1) is 0 Å². The molecule has 0 aliphatic heterocycles. The Kier molecular flexibility index (Phi) is 10.1. The number of hydrogen-bond donors (Lipinski definition) is 1. The van der Waals surface area contributed by atoms with Crippen LogP contribution in [0.1, 0.15) is 46.0 Å². The Balaban J connectivity index is 3.76. The highest BCUT2D eigenvalue weighted by molar-refractivity contribution is 5.81. The van der Waals surface area contributed by atoms with Crippen LogP contribution in [0.15, 0.2) is 12.2 Å². The van der Waals surface area contributed by atoms with E-state index in [1.807, 2.05) is 0 Å². The van der Waals surface area contributed by atoms with Gasteiger partial charge < -0.3 is 4.74 Å². The quantitative estimate of drug-likeness (QED) is 0.217. The lowest BCUT2D eigenvalue weighted by Gasteiger charge is -2.07. The van der Waals surface area contributed by atoms with Gasteiger partial charge >= 0.3 is 5.97 Å². The molecule has 1 unspecified atom stereocenters. The first-order chi connectivity index (χ1) is 7.74. The van der Waals surface area contributed by atoms with Crippen molar-refractivity contribution in [3.05, 3.63) is 12.2 Å². The molecule has 0 radical (unpaired) electrons. The van der Waals surface area contributed by atoms with Gasteiger partial charge in [0.1, 0.15) is 6.10 Å². The van der Waals surface area contributed by atoms with Gasteiger partial charge in [-0.1, -0.05) is 32.6 Å². The normalized spacial score (nSPS) is 12.9. The molecule has 0 saturated carbocycles. The average Bonchev–Trinajstić information content (AvgIpc) is 2.28. The monoisotopic (exact) mass is 230 g/mol. The summed E-state index contributed by atoms with van der Waals surface area (Å²) >= 11 is 0. The summed E-state index contributed by atoms with van der Waals surface area (Å²) in [6.45, 7) is 4.24. The summed E-state index contributed by atoms with van der Waals surface area (Å²) in [6.07, 6.45) is 7.57. The first-order valence-electron chi connectivity index (χ1n) is 5.89. The van der Waals surface area contributed by atoms with Crippen LogP contribution in [-0.4, -0.2) is 23.9 Å². The molecular weight excluding hydrogens is 208 g/mol. The van der Waals surface area contributed by atoms with E-state index in [4.69, 9.17) is 9.99 Å². The minimum Gasteiger partial charge on any atom is -0.463 e. The molecule has 0 fully saturated rings. The van der Waals surface area contributed by atoms with Gasteiger partial charge in [0.2, 0.25) is 0 Å². The lowest BCUT2D eigenvalue weighted by molar-refractivity contribution is -0.267. The van der Waals surface area contributed by atoms with Gasteiger partial charge in [-0.2, -0.15) is 0 Å². The summed E-state index contributed by atoms with van der Waals surface area (Å²) in [5, 5.41) is 8.62. The van der Waals surface area contributed by atoms with E-state index in [1.165, 1.54) is 25.0 Å². The molecule has 0 spiro atoms. The van der Waals surface area contributed by atoms with Crippen molar-refractivity contribution >= 4 is 5.97 Å². The number of ether oxygens (including phenoxy) is 1. The maximum atomic E-state index is 11.0. The Hall–Kier alpha value is -0.870. The van der Waals surface area contributed by atoms with E-state index in [9.17, 15) is 4.79 Å². The van der Waals surface area contributed by atoms with Crippen LogP contribution in [0, 0.1) is 0 Å². The maximum Gasteiger partial charge on any atom is 0.330 e. The fraction of sp³-hybridized carbons (Fsp3) is 0.750. The Labute approximate surface area is 97.2 Å². The van der Waals surface area contributed by atoms with Crippen molar-refractivity contribution in [2.24, 2.45) is 0 Å². The molecule has 0 aromatic carbocycles. The number of esters is 1. The fourth-order valence-electron chi connectivity index (χ4n) is 1.33. The topological polar surface area (TPSA) is 55.8 Å². The molecule has 0 rings (SSSR count). The zero-order valence-corrected chi connectivity index (χ0v) is 10.1. The van der Waals surface area contributed by atoms with Gasteiger partial charge in [-0.25, -0.2) is 9.68 Å². The van der Waals surface area contributed by atoms with Crippen LogP contribution in [0.4, 0.5) is 0 Å². The molecule has 1 atom stereocenters. The predicted octanol–water partition coefficient (Wildman–Crippen LogP) is 2.93. The fourth-order valence-corrected chi connectivity index (χ4v) is 1.33. The van der Waals surface area contributed by atoms with E-state index >= 15 is 0 Å². The standard InChI is InChI=1S/C12H22O4/c1-3-5-6-7-8-11(16-14)9-10-12(13)15-4-2/h9-11,14H,3-8H2,1-2H3/b10-9+. The molecule has 0 aliphatic rings. The van der Waals surface area contributed by atoms with Crippen molar-refractivity contribution < 1.29 is 19.7 Å². The molecule has 1 N–H and O–H groups in total. The third kappa shape index (κ3) is 8.44. The third-order valence-electron chi connectivity index (χ3n) is 2.21. The summed E-state index contributed by atoms with van der Waals surface area (Å²) in [5.74, 6) is -0.405. The number of carbonyl (C=O) groups is 1. The summed E-state index contributed by atoms with van der Waals surface area (Å²) in [7, 11) is 0. The minimum atomic E-state index is -0.415. The second-order valence-corrected chi connectivity index (χ2v) is 3.60. The van der Waals surface area contributed by atoms with E-state index in [-0.39, 0.29) is 0 Å². The van der Waals surface area contributed by atoms with Crippen LogP contribution in [0.2, 0.25) is 0 Å². The van der Waals surface area contributed by atoms with Crippen molar-refractivity contribution in [3.8, 4) is 0 Å². The van der Waals surface area contributed by atoms with Crippen molar-refractivity contribution in [1.82, 2.24) is 0 Å². The highest BCUT2D eigenvalue weighted by Crippen LogP contribution is 2.08. The van der Waals surface area contributed by atoms with Crippen LogP contribution in [0.5, 0.6) is 0 Å². The first kappa shape index (κ1) is 15.1. The van der Waals surface area contributed by atoms with Crippen molar-refractivity contribution in [2.75, 3.05) is 6.61 Å². The Bertz CT molecular complexity index is 201. The van der Waals surface area contributed by atoms with E-state index in [0.717, 1.165) is 12.8 Å². The van der Waals surface area contributed by atoms with Gasteiger partial charge in [-0.05, 0) is 19.4 Å². The Morgan fingerprint density at radius 1 is 1.31 bits per heavy atom. The molecule has 0 aromatic heterocycles. The van der Waals surface area contributed by atoms with E-state index in [0.29, 0.717) is 13.0 Å². The van der Waals surface area contributed by atoms with E-state index < -0.39 is 12.1 Å². The largest absolute Gasteiger partial charge is 0.463 e. The minimum absolute atomic E-state index is 0.352. The van der Waals surface area contributed by atoms with Gasteiger partial charge in [0.05, 0.1) is 6.61 Å². The van der Waals surface area contributed by atoms with Crippen LogP contribution < -0.4 is 0 Å². The molecule has 16 heavy (non-hydrogen) atoms. The van der Waals surface area contributed by atoms with Crippen molar-refractivity contribution in [2.45, 2.75) is 52.1 Å². The molecular formula is C12H22O4. The van der Waals surface area contributed by atoms with Gasteiger partial charge in [0, 0.05) is 6.08 Å². The van der Waals surface area contributed by atoms with Crippen molar-refractivity contribution in [3.63, 3.8) is 0 Å².